The molecule has 28 heavy (non-hydrogen) atoms. The van der Waals surface area contributed by atoms with E-state index in [4.69, 9.17) is 17.3 Å². The first-order valence-corrected chi connectivity index (χ1v) is 10.5. The van der Waals surface area contributed by atoms with E-state index in [9.17, 15) is 4.79 Å². The van der Waals surface area contributed by atoms with Crippen LogP contribution in [0.25, 0.3) is 16.6 Å². The van der Waals surface area contributed by atoms with E-state index in [0.717, 1.165) is 56.0 Å². The van der Waals surface area contributed by atoms with E-state index in [-0.39, 0.29) is 5.91 Å². The number of carbonyl (C=O) groups is 1. The minimum atomic E-state index is -0.340. The Balaban J connectivity index is 1.80. The van der Waals surface area contributed by atoms with Crippen molar-refractivity contribution in [1.82, 2.24) is 4.40 Å². The molecule has 144 valence electrons. The zero-order valence-corrected chi connectivity index (χ0v) is 16.6. The molecule has 2 N–H and O–H groups in total. The molecule has 1 aliphatic carbocycles. The van der Waals surface area contributed by atoms with Crippen LogP contribution in [0.4, 0.5) is 5.82 Å². The highest BCUT2D eigenvalue weighted by atomic mass is 35.5. The molecule has 1 aliphatic heterocycles. The van der Waals surface area contributed by atoms with Crippen LogP contribution in [0, 0.1) is 0 Å². The lowest BCUT2D eigenvalue weighted by atomic mass is 9.91. The van der Waals surface area contributed by atoms with Crippen molar-refractivity contribution in [3.05, 3.63) is 58.2 Å². The Morgan fingerprint density at radius 2 is 1.75 bits per heavy atom. The van der Waals surface area contributed by atoms with E-state index in [1.165, 1.54) is 34.2 Å². The summed E-state index contributed by atoms with van der Waals surface area (Å²) in [6.45, 7) is 1.94. The summed E-state index contributed by atoms with van der Waals surface area (Å²) in [6.07, 6.45) is 8.89. The van der Waals surface area contributed by atoms with Crippen molar-refractivity contribution in [3.8, 4) is 11.1 Å². The maximum Gasteiger partial charge on any atom is 0.252 e. The topological polar surface area (TPSA) is 50.7 Å². The van der Waals surface area contributed by atoms with Gasteiger partial charge in [0.15, 0.2) is 0 Å². The van der Waals surface area contributed by atoms with Gasteiger partial charge in [0.25, 0.3) is 5.91 Å². The highest BCUT2D eigenvalue weighted by Crippen LogP contribution is 2.40. The number of pyridine rings is 1. The van der Waals surface area contributed by atoms with E-state index in [1.807, 2.05) is 12.1 Å². The molecule has 0 spiro atoms. The number of amides is 1. The standard InChI is InChI=1S/C23H24ClN3O/c24-17-9-7-15(8-10-17)20-14-27-21-16(5-4-6-18(20)21)13-19(22(25)28)23(27)26-11-2-1-3-12-26/h7-10,13-14H,1-6,11-12H2,(H2,25,28). The third-order valence-electron chi connectivity index (χ3n) is 6.15. The fourth-order valence-corrected chi connectivity index (χ4v) is 5.01. The number of rotatable bonds is 3. The lowest BCUT2D eigenvalue weighted by Gasteiger charge is -2.31. The Labute approximate surface area is 169 Å². The third-order valence-corrected chi connectivity index (χ3v) is 6.40. The first-order valence-electron chi connectivity index (χ1n) is 10.1. The molecule has 3 heterocycles. The number of benzene rings is 1. The van der Waals surface area contributed by atoms with Crippen molar-refractivity contribution >= 4 is 28.8 Å². The van der Waals surface area contributed by atoms with Crippen LogP contribution in [0.2, 0.25) is 5.02 Å². The Hall–Kier alpha value is -2.46. The minimum Gasteiger partial charge on any atom is -0.365 e. The van der Waals surface area contributed by atoms with Crippen molar-refractivity contribution < 1.29 is 4.79 Å². The number of carbonyl (C=O) groups excluding carboxylic acids is 1. The van der Waals surface area contributed by atoms with Gasteiger partial charge in [-0.05, 0) is 73.4 Å². The summed E-state index contributed by atoms with van der Waals surface area (Å²) in [4.78, 5) is 14.7. The number of nitrogens with zero attached hydrogens (tertiary/aromatic N) is 2. The average molecular weight is 394 g/mol. The SMILES string of the molecule is NC(=O)c1cc2c3c(c(-c4ccc(Cl)cc4)cn3c1N1CCCCC1)CCC2. The van der Waals surface area contributed by atoms with Crippen molar-refractivity contribution in [1.29, 1.82) is 0 Å². The van der Waals surface area contributed by atoms with Crippen LogP contribution in [0.15, 0.2) is 36.5 Å². The monoisotopic (exact) mass is 393 g/mol. The first-order chi connectivity index (χ1) is 13.6. The largest absolute Gasteiger partial charge is 0.365 e. The van der Waals surface area contributed by atoms with Crippen LogP contribution in [-0.4, -0.2) is 23.4 Å². The van der Waals surface area contributed by atoms with E-state index in [2.05, 4.69) is 33.7 Å². The minimum absolute atomic E-state index is 0.340. The van der Waals surface area contributed by atoms with Gasteiger partial charge in [-0.15, -0.1) is 0 Å². The summed E-state index contributed by atoms with van der Waals surface area (Å²) >= 11 is 6.11. The molecule has 1 fully saturated rings. The molecule has 0 saturated carbocycles. The number of piperidine rings is 1. The second-order valence-electron chi connectivity index (χ2n) is 7.92. The van der Waals surface area contributed by atoms with Gasteiger partial charge >= 0.3 is 0 Å². The molecule has 0 bridgehead atoms. The van der Waals surface area contributed by atoms with Gasteiger partial charge in [-0.3, -0.25) is 4.79 Å². The number of hydrogen-bond donors (Lipinski definition) is 1. The van der Waals surface area contributed by atoms with E-state index in [1.54, 1.807) is 0 Å². The molecule has 1 aromatic carbocycles. The summed E-state index contributed by atoms with van der Waals surface area (Å²) in [7, 11) is 0. The average Bonchev–Trinajstić information content (AvgIpc) is 3.10. The van der Waals surface area contributed by atoms with Gasteiger partial charge in [0.2, 0.25) is 0 Å². The van der Waals surface area contributed by atoms with E-state index < -0.39 is 0 Å². The summed E-state index contributed by atoms with van der Waals surface area (Å²) in [6, 6.07) is 10.1. The molecule has 1 saturated heterocycles. The maximum atomic E-state index is 12.4. The summed E-state index contributed by atoms with van der Waals surface area (Å²) < 4.78 is 2.25. The molecule has 4 nitrogen and oxygen atoms in total. The molecule has 0 unspecified atom stereocenters. The zero-order valence-electron chi connectivity index (χ0n) is 15.9. The molecule has 1 amide bonds. The van der Waals surface area contributed by atoms with Crippen LogP contribution < -0.4 is 10.6 Å². The predicted molar refractivity (Wildman–Crippen MR) is 114 cm³/mol. The summed E-state index contributed by atoms with van der Waals surface area (Å²) in [5.74, 6) is 0.627. The van der Waals surface area contributed by atoms with Crippen molar-refractivity contribution in [2.24, 2.45) is 5.73 Å². The second kappa shape index (κ2) is 6.85. The van der Waals surface area contributed by atoms with Gasteiger partial charge in [-0.2, -0.15) is 0 Å². The molecule has 2 aliphatic rings. The predicted octanol–water partition coefficient (Wildman–Crippen LogP) is 4.84. The van der Waals surface area contributed by atoms with Crippen LogP contribution in [0.1, 0.15) is 47.2 Å². The number of nitrogens with two attached hydrogens (primary N) is 1. The second-order valence-corrected chi connectivity index (χ2v) is 8.36. The van der Waals surface area contributed by atoms with Gasteiger partial charge in [0, 0.05) is 29.9 Å². The number of hydrogen-bond acceptors (Lipinski definition) is 2. The fourth-order valence-electron chi connectivity index (χ4n) is 4.88. The molecule has 5 heteroatoms. The number of aryl methyl sites for hydroxylation is 2. The highest BCUT2D eigenvalue weighted by molar-refractivity contribution is 6.30. The van der Waals surface area contributed by atoms with Crippen LogP contribution in [0.5, 0.6) is 0 Å². The van der Waals surface area contributed by atoms with Gasteiger partial charge in [-0.1, -0.05) is 23.7 Å². The Morgan fingerprint density at radius 3 is 2.46 bits per heavy atom. The Morgan fingerprint density at radius 1 is 1.00 bits per heavy atom. The van der Waals surface area contributed by atoms with Crippen LogP contribution >= 0.6 is 11.6 Å². The van der Waals surface area contributed by atoms with Gasteiger partial charge in [-0.25, -0.2) is 0 Å². The molecule has 0 atom stereocenters. The third kappa shape index (κ3) is 2.78. The van der Waals surface area contributed by atoms with Crippen LogP contribution in [0.3, 0.4) is 0 Å². The lowest BCUT2D eigenvalue weighted by molar-refractivity contribution is 0.1000. The summed E-state index contributed by atoms with van der Waals surface area (Å²) in [5, 5.41) is 0.742. The number of aromatic nitrogens is 1. The molecular weight excluding hydrogens is 370 g/mol. The normalized spacial score (nSPS) is 16.5. The molecule has 2 aromatic heterocycles. The van der Waals surface area contributed by atoms with E-state index in [0.29, 0.717) is 5.56 Å². The van der Waals surface area contributed by atoms with Crippen molar-refractivity contribution in [3.63, 3.8) is 0 Å². The first kappa shape index (κ1) is 17.6. The quantitative estimate of drug-likeness (QED) is 0.692. The summed E-state index contributed by atoms with van der Waals surface area (Å²) in [5.41, 5.74) is 12.8. The van der Waals surface area contributed by atoms with Crippen molar-refractivity contribution in [2.45, 2.75) is 38.5 Å². The Kier molecular flexibility index (Phi) is 4.31. The fraction of sp³-hybridized carbons (Fsp3) is 0.348. The van der Waals surface area contributed by atoms with Crippen LogP contribution in [-0.2, 0) is 12.8 Å². The zero-order chi connectivity index (χ0) is 19.3. The number of halogens is 1. The number of primary amides is 1. The smallest absolute Gasteiger partial charge is 0.252 e. The molecule has 3 aromatic rings. The van der Waals surface area contributed by atoms with Gasteiger partial charge < -0.3 is 15.0 Å². The molecule has 0 radical (unpaired) electrons. The highest BCUT2D eigenvalue weighted by Gasteiger charge is 2.27. The molecule has 5 rings (SSSR count). The van der Waals surface area contributed by atoms with E-state index >= 15 is 0 Å². The number of anilines is 1. The Bertz CT molecular complexity index is 1060. The van der Waals surface area contributed by atoms with Crippen molar-refractivity contribution in [2.75, 3.05) is 18.0 Å². The van der Waals surface area contributed by atoms with Gasteiger partial charge in [0.1, 0.15) is 5.82 Å². The molecular formula is C23H24ClN3O. The maximum absolute atomic E-state index is 12.4. The van der Waals surface area contributed by atoms with Gasteiger partial charge in [0.05, 0.1) is 11.1 Å². The lowest BCUT2D eigenvalue weighted by Crippen LogP contribution is -2.33.